The fourth-order valence-electron chi connectivity index (χ4n) is 2.20. The van der Waals surface area contributed by atoms with Crippen LogP contribution in [0, 0.1) is 0 Å². The van der Waals surface area contributed by atoms with Gasteiger partial charge < -0.3 is 14.6 Å². The molecule has 21 heavy (non-hydrogen) atoms. The predicted octanol–water partition coefficient (Wildman–Crippen LogP) is 4.83. The Morgan fingerprint density at radius 1 is 0.857 bits per heavy atom. The second kappa shape index (κ2) is 6.28. The maximum Gasteiger partial charge on any atom is 0.162 e. The second-order valence-electron chi connectivity index (χ2n) is 4.62. The van der Waals surface area contributed by atoms with Crippen molar-refractivity contribution in [1.29, 1.82) is 0 Å². The van der Waals surface area contributed by atoms with Gasteiger partial charge in [0.1, 0.15) is 19.3 Å². The van der Waals surface area contributed by atoms with Crippen molar-refractivity contribution in [2.45, 2.75) is 6.10 Å². The maximum atomic E-state index is 10.7. The van der Waals surface area contributed by atoms with Crippen LogP contribution >= 0.6 is 47.8 Å². The standard InChI is InChI=1S/C15H11Br3O3/c16-9-3-8(4-10(17)5-9)15(19)11-6-13-14(7-12(11)18)21-2-1-20-13/h3-7,15,19H,1-2H2. The van der Waals surface area contributed by atoms with Crippen LogP contribution in [0.5, 0.6) is 11.5 Å². The Hall–Kier alpha value is -0.560. The van der Waals surface area contributed by atoms with Crippen molar-refractivity contribution < 1.29 is 14.6 Å². The third kappa shape index (κ3) is 3.28. The van der Waals surface area contributed by atoms with Crippen molar-refractivity contribution in [3.8, 4) is 11.5 Å². The molecule has 0 bridgehead atoms. The number of benzene rings is 2. The SMILES string of the molecule is OC(c1cc(Br)cc(Br)c1)c1cc2c(cc1Br)OCCO2. The third-order valence-electron chi connectivity index (χ3n) is 3.16. The molecule has 1 aliphatic rings. The van der Waals surface area contributed by atoms with Crippen molar-refractivity contribution in [3.63, 3.8) is 0 Å². The Morgan fingerprint density at radius 2 is 1.43 bits per heavy atom. The molecule has 1 N–H and O–H groups in total. The van der Waals surface area contributed by atoms with Gasteiger partial charge in [-0.1, -0.05) is 47.8 Å². The summed E-state index contributed by atoms with van der Waals surface area (Å²) in [6.45, 7) is 1.06. The molecule has 1 atom stereocenters. The fraction of sp³-hybridized carbons (Fsp3) is 0.200. The highest BCUT2D eigenvalue weighted by atomic mass is 79.9. The largest absolute Gasteiger partial charge is 0.486 e. The topological polar surface area (TPSA) is 38.7 Å². The van der Waals surface area contributed by atoms with E-state index in [1.807, 2.05) is 30.3 Å². The van der Waals surface area contributed by atoms with Crippen LogP contribution in [0.15, 0.2) is 43.7 Å². The van der Waals surface area contributed by atoms with Crippen LogP contribution in [0.4, 0.5) is 0 Å². The molecule has 0 radical (unpaired) electrons. The number of aliphatic hydroxyl groups is 1. The lowest BCUT2D eigenvalue weighted by molar-refractivity contribution is 0.169. The van der Waals surface area contributed by atoms with Gasteiger partial charge in [-0.3, -0.25) is 0 Å². The van der Waals surface area contributed by atoms with Crippen LogP contribution < -0.4 is 9.47 Å². The van der Waals surface area contributed by atoms with Crippen molar-refractivity contribution in [1.82, 2.24) is 0 Å². The number of aliphatic hydroxyl groups excluding tert-OH is 1. The highest BCUT2D eigenvalue weighted by Crippen LogP contribution is 2.40. The number of fused-ring (bicyclic) bond motifs is 1. The lowest BCUT2D eigenvalue weighted by atomic mass is 10.0. The molecule has 0 aliphatic carbocycles. The Morgan fingerprint density at radius 3 is 2.05 bits per heavy atom. The van der Waals surface area contributed by atoms with E-state index in [0.29, 0.717) is 24.7 Å². The molecule has 1 aliphatic heterocycles. The number of ether oxygens (including phenoxy) is 2. The average Bonchev–Trinajstić information content (AvgIpc) is 2.44. The zero-order chi connectivity index (χ0) is 15.0. The smallest absolute Gasteiger partial charge is 0.162 e. The van der Waals surface area contributed by atoms with Gasteiger partial charge in [0.25, 0.3) is 0 Å². The Kier molecular flexibility index (Phi) is 4.59. The van der Waals surface area contributed by atoms with Crippen LogP contribution in [-0.2, 0) is 0 Å². The number of rotatable bonds is 2. The first-order chi connectivity index (χ1) is 10.0. The average molecular weight is 479 g/mol. The van der Waals surface area contributed by atoms with Crippen LogP contribution in [0.3, 0.4) is 0 Å². The summed E-state index contributed by atoms with van der Waals surface area (Å²) in [6, 6.07) is 9.35. The first-order valence-electron chi connectivity index (χ1n) is 6.27. The fourth-order valence-corrected chi connectivity index (χ4v) is 4.07. The second-order valence-corrected chi connectivity index (χ2v) is 7.31. The van der Waals surface area contributed by atoms with E-state index in [-0.39, 0.29) is 0 Å². The van der Waals surface area contributed by atoms with Crippen molar-refractivity contribution in [2.24, 2.45) is 0 Å². The van der Waals surface area contributed by atoms with Gasteiger partial charge >= 0.3 is 0 Å². The number of halogens is 3. The molecule has 0 saturated heterocycles. The van der Waals surface area contributed by atoms with Crippen LogP contribution in [0.25, 0.3) is 0 Å². The van der Waals surface area contributed by atoms with E-state index in [1.165, 1.54) is 0 Å². The van der Waals surface area contributed by atoms with Gasteiger partial charge in [-0.25, -0.2) is 0 Å². The highest BCUT2D eigenvalue weighted by molar-refractivity contribution is 9.11. The first kappa shape index (κ1) is 15.3. The molecular formula is C15H11Br3O3. The van der Waals surface area contributed by atoms with Crippen molar-refractivity contribution >= 4 is 47.8 Å². The highest BCUT2D eigenvalue weighted by Gasteiger charge is 2.20. The van der Waals surface area contributed by atoms with Gasteiger partial charge in [-0.15, -0.1) is 0 Å². The summed E-state index contributed by atoms with van der Waals surface area (Å²) in [5.74, 6) is 1.35. The molecule has 0 aromatic heterocycles. The number of hydrogen-bond acceptors (Lipinski definition) is 3. The summed E-state index contributed by atoms with van der Waals surface area (Å²) in [5.41, 5.74) is 1.53. The zero-order valence-electron chi connectivity index (χ0n) is 10.8. The minimum absolute atomic E-state index is 0.520. The van der Waals surface area contributed by atoms with Crippen LogP contribution in [0.2, 0.25) is 0 Å². The molecule has 1 heterocycles. The predicted molar refractivity (Wildman–Crippen MR) is 91.0 cm³/mol. The number of hydrogen-bond donors (Lipinski definition) is 1. The molecule has 6 heteroatoms. The molecule has 0 fully saturated rings. The summed E-state index contributed by atoms with van der Waals surface area (Å²) < 4.78 is 13.7. The van der Waals surface area contributed by atoms with Gasteiger partial charge in [0.2, 0.25) is 0 Å². The Balaban J connectivity index is 2.02. The van der Waals surface area contributed by atoms with Gasteiger partial charge in [0.05, 0.1) is 0 Å². The van der Waals surface area contributed by atoms with E-state index in [4.69, 9.17) is 9.47 Å². The molecule has 2 aromatic rings. The summed E-state index contributed by atoms with van der Waals surface area (Å²) in [5, 5.41) is 10.7. The molecule has 110 valence electrons. The summed E-state index contributed by atoms with van der Waals surface area (Å²) in [6.07, 6.45) is -0.760. The summed E-state index contributed by atoms with van der Waals surface area (Å²) >= 11 is 10.4. The Bertz CT molecular complexity index is 668. The molecule has 3 rings (SSSR count). The van der Waals surface area contributed by atoms with E-state index in [0.717, 1.165) is 24.5 Å². The van der Waals surface area contributed by atoms with Crippen molar-refractivity contribution in [2.75, 3.05) is 13.2 Å². The lowest BCUT2D eigenvalue weighted by Gasteiger charge is -2.22. The lowest BCUT2D eigenvalue weighted by Crippen LogP contribution is -2.16. The molecular weight excluding hydrogens is 468 g/mol. The quantitative estimate of drug-likeness (QED) is 0.672. The molecule has 0 saturated carbocycles. The maximum absolute atomic E-state index is 10.7. The molecule has 0 amide bonds. The van der Waals surface area contributed by atoms with Gasteiger partial charge in [-0.2, -0.15) is 0 Å². The monoisotopic (exact) mass is 476 g/mol. The van der Waals surface area contributed by atoms with Gasteiger partial charge in [-0.05, 0) is 35.9 Å². The van der Waals surface area contributed by atoms with Gasteiger partial charge in [0.15, 0.2) is 11.5 Å². The first-order valence-corrected chi connectivity index (χ1v) is 8.65. The Labute approximate surface area is 147 Å². The minimum Gasteiger partial charge on any atom is -0.486 e. The summed E-state index contributed by atoms with van der Waals surface area (Å²) in [7, 11) is 0. The van der Waals surface area contributed by atoms with Crippen molar-refractivity contribution in [3.05, 3.63) is 54.9 Å². The van der Waals surface area contributed by atoms with Crippen LogP contribution in [-0.4, -0.2) is 18.3 Å². The molecule has 2 aromatic carbocycles. The molecule has 1 unspecified atom stereocenters. The van der Waals surface area contributed by atoms with Crippen LogP contribution in [0.1, 0.15) is 17.2 Å². The van der Waals surface area contributed by atoms with E-state index in [1.54, 1.807) is 0 Å². The third-order valence-corrected chi connectivity index (χ3v) is 4.76. The normalized spacial score (nSPS) is 14.9. The van der Waals surface area contributed by atoms with E-state index in [9.17, 15) is 5.11 Å². The molecule has 0 spiro atoms. The van der Waals surface area contributed by atoms with E-state index in [2.05, 4.69) is 47.8 Å². The zero-order valence-corrected chi connectivity index (χ0v) is 15.5. The van der Waals surface area contributed by atoms with E-state index < -0.39 is 6.10 Å². The summed E-state index contributed by atoms with van der Waals surface area (Å²) in [4.78, 5) is 0. The minimum atomic E-state index is -0.760. The van der Waals surface area contributed by atoms with Gasteiger partial charge in [0, 0.05) is 19.0 Å². The molecule has 3 nitrogen and oxygen atoms in total. The van der Waals surface area contributed by atoms with E-state index >= 15 is 0 Å².